The molecule has 1 N–H and O–H groups in total. The smallest absolute Gasteiger partial charge is 0.338 e. The van der Waals surface area contributed by atoms with E-state index in [1.165, 1.54) is 11.3 Å². The molecule has 7 heteroatoms. The number of ether oxygens (including phenoxy) is 2. The molecule has 1 amide bonds. The zero-order valence-electron chi connectivity index (χ0n) is 18.3. The van der Waals surface area contributed by atoms with Crippen LogP contribution < -0.4 is 10.1 Å². The number of fused-ring (bicyclic) bond motifs is 1. The second-order valence-electron chi connectivity index (χ2n) is 8.09. The summed E-state index contributed by atoms with van der Waals surface area (Å²) in [5.41, 5.74) is 2.89. The van der Waals surface area contributed by atoms with Crippen LogP contribution in [0, 0.1) is 17.2 Å². The van der Waals surface area contributed by atoms with E-state index in [9.17, 15) is 14.9 Å². The number of amides is 1. The van der Waals surface area contributed by atoms with Gasteiger partial charge in [0.05, 0.1) is 11.1 Å². The summed E-state index contributed by atoms with van der Waals surface area (Å²) in [4.78, 5) is 26.0. The Morgan fingerprint density at radius 3 is 2.79 bits per heavy atom. The van der Waals surface area contributed by atoms with E-state index in [1.54, 1.807) is 24.3 Å². The van der Waals surface area contributed by atoms with Gasteiger partial charge in [0.25, 0.3) is 5.91 Å². The summed E-state index contributed by atoms with van der Waals surface area (Å²) in [6.45, 7) is 2.14. The molecule has 0 saturated heterocycles. The molecule has 4 rings (SSSR count). The average molecular weight is 461 g/mol. The molecule has 0 spiro atoms. The van der Waals surface area contributed by atoms with Crippen molar-refractivity contribution in [3.63, 3.8) is 0 Å². The van der Waals surface area contributed by atoms with Crippen LogP contribution in [0.15, 0.2) is 54.6 Å². The van der Waals surface area contributed by atoms with Crippen molar-refractivity contribution in [3.05, 3.63) is 81.7 Å². The van der Waals surface area contributed by atoms with Crippen molar-refractivity contribution in [1.29, 1.82) is 5.26 Å². The summed E-state index contributed by atoms with van der Waals surface area (Å²) >= 11 is 1.44. The predicted molar refractivity (Wildman–Crippen MR) is 126 cm³/mol. The summed E-state index contributed by atoms with van der Waals surface area (Å²) < 4.78 is 10.9. The van der Waals surface area contributed by atoms with Crippen LogP contribution in [-0.4, -0.2) is 18.5 Å². The lowest BCUT2D eigenvalue weighted by Crippen LogP contribution is -2.21. The van der Waals surface area contributed by atoms with Gasteiger partial charge in [-0.05, 0) is 54.5 Å². The monoisotopic (exact) mass is 460 g/mol. The van der Waals surface area contributed by atoms with Gasteiger partial charge in [0.1, 0.15) is 23.4 Å². The third-order valence-corrected chi connectivity index (χ3v) is 6.70. The molecule has 2 aromatic carbocycles. The first kappa shape index (κ1) is 22.6. The fraction of sp³-hybridized carbons (Fsp3) is 0.269. The molecule has 0 bridgehead atoms. The zero-order valence-corrected chi connectivity index (χ0v) is 19.1. The second kappa shape index (κ2) is 10.3. The second-order valence-corrected chi connectivity index (χ2v) is 9.20. The van der Waals surface area contributed by atoms with Crippen LogP contribution >= 0.6 is 11.3 Å². The molecule has 6 nitrogen and oxygen atoms in total. The Balaban J connectivity index is 1.33. The molecular weight excluding hydrogens is 436 g/mol. The molecule has 0 unspecified atom stereocenters. The number of nitrogens with zero attached hydrogens (tertiary/aromatic N) is 1. The molecular formula is C26H24N2O4S. The number of anilines is 1. The number of benzene rings is 2. The molecule has 0 radical (unpaired) electrons. The van der Waals surface area contributed by atoms with Gasteiger partial charge in [-0.3, -0.25) is 4.79 Å². The van der Waals surface area contributed by atoms with E-state index < -0.39 is 18.5 Å². The number of nitrogens with one attached hydrogen (secondary N) is 1. The van der Waals surface area contributed by atoms with E-state index in [4.69, 9.17) is 9.47 Å². The van der Waals surface area contributed by atoms with Crippen LogP contribution in [-0.2, 0) is 29.0 Å². The summed E-state index contributed by atoms with van der Waals surface area (Å²) in [6.07, 6.45) is 2.81. The Morgan fingerprint density at radius 1 is 1.18 bits per heavy atom. The van der Waals surface area contributed by atoms with Crippen molar-refractivity contribution >= 4 is 28.2 Å². The zero-order chi connectivity index (χ0) is 23.2. The molecule has 168 valence electrons. The Kier molecular flexibility index (Phi) is 7.06. The predicted octanol–water partition coefficient (Wildman–Crippen LogP) is 5.12. The van der Waals surface area contributed by atoms with Crippen LogP contribution in [0.25, 0.3) is 0 Å². The van der Waals surface area contributed by atoms with Crippen molar-refractivity contribution < 1.29 is 19.1 Å². The summed E-state index contributed by atoms with van der Waals surface area (Å²) in [5, 5.41) is 12.8. The summed E-state index contributed by atoms with van der Waals surface area (Å²) in [5.74, 6) is 0.0209. The number of rotatable bonds is 7. The number of hydrogen-bond acceptors (Lipinski definition) is 6. The first-order valence-electron chi connectivity index (χ1n) is 10.8. The highest BCUT2D eigenvalue weighted by atomic mass is 32.1. The fourth-order valence-corrected chi connectivity index (χ4v) is 5.17. The molecule has 0 aliphatic heterocycles. The van der Waals surface area contributed by atoms with Gasteiger partial charge in [0, 0.05) is 4.88 Å². The van der Waals surface area contributed by atoms with E-state index in [-0.39, 0.29) is 0 Å². The van der Waals surface area contributed by atoms with E-state index >= 15 is 0 Å². The number of carbonyl (C=O) groups is 2. The maximum absolute atomic E-state index is 12.4. The highest BCUT2D eigenvalue weighted by Gasteiger charge is 2.25. The Bertz CT molecular complexity index is 1200. The lowest BCUT2D eigenvalue weighted by atomic mass is 9.89. The van der Waals surface area contributed by atoms with Gasteiger partial charge in [0.2, 0.25) is 0 Å². The van der Waals surface area contributed by atoms with Crippen molar-refractivity contribution in [2.45, 2.75) is 32.8 Å². The van der Waals surface area contributed by atoms with E-state index in [1.807, 2.05) is 30.3 Å². The van der Waals surface area contributed by atoms with Crippen LogP contribution in [0.5, 0.6) is 5.75 Å². The van der Waals surface area contributed by atoms with E-state index in [0.29, 0.717) is 34.4 Å². The average Bonchev–Trinajstić information content (AvgIpc) is 3.17. The van der Waals surface area contributed by atoms with Crippen molar-refractivity contribution in [1.82, 2.24) is 0 Å². The third-order valence-electron chi connectivity index (χ3n) is 5.53. The first-order valence-corrected chi connectivity index (χ1v) is 11.6. The van der Waals surface area contributed by atoms with Gasteiger partial charge >= 0.3 is 5.97 Å². The van der Waals surface area contributed by atoms with Gasteiger partial charge < -0.3 is 14.8 Å². The number of nitriles is 1. The van der Waals surface area contributed by atoms with Crippen LogP contribution in [0.3, 0.4) is 0 Å². The summed E-state index contributed by atoms with van der Waals surface area (Å²) in [6, 6.07) is 18.6. The fourth-order valence-electron chi connectivity index (χ4n) is 3.79. The lowest BCUT2D eigenvalue weighted by Gasteiger charge is -2.17. The largest absolute Gasteiger partial charge is 0.489 e. The minimum atomic E-state index is -0.616. The Labute approximate surface area is 196 Å². The minimum absolute atomic E-state index is 0.298. The Morgan fingerprint density at radius 2 is 2.00 bits per heavy atom. The van der Waals surface area contributed by atoms with Gasteiger partial charge in [-0.2, -0.15) is 5.26 Å². The number of thiophene rings is 1. The van der Waals surface area contributed by atoms with Gasteiger partial charge in [-0.25, -0.2) is 4.79 Å². The van der Waals surface area contributed by atoms with Gasteiger partial charge in [0.15, 0.2) is 6.61 Å². The molecule has 33 heavy (non-hydrogen) atoms. The molecule has 1 atom stereocenters. The van der Waals surface area contributed by atoms with E-state index in [0.717, 1.165) is 35.3 Å². The number of carbonyl (C=O) groups excluding carboxylic acids is 2. The standard InChI is InChI=1S/C26H24N2O4S/c1-17-10-11-21-22(14-27)25(33-23(21)12-17)28-24(29)16-32-26(30)19-8-5-9-20(13-19)31-15-18-6-3-2-4-7-18/h2-9,13,17H,10-12,15-16H2,1H3,(H,28,29)/t17-/m0/s1. The third kappa shape index (κ3) is 5.60. The maximum atomic E-state index is 12.4. The van der Waals surface area contributed by atoms with E-state index in [2.05, 4.69) is 18.3 Å². The van der Waals surface area contributed by atoms with Crippen molar-refractivity contribution in [2.75, 3.05) is 11.9 Å². The summed E-state index contributed by atoms with van der Waals surface area (Å²) in [7, 11) is 0. The highest BCUT2D eigenvalue weighted by molar-refractivity contribution is 7.16. The number of esters is 1. The maximum Gasteiger partial charge on any atom is 0.338 e. The van der Waals surface area contributed by atoms with Crippen LogP contribution in [0.2, 0.25) is 0 Å². The topological polar surface area (TPSA) is 88.4 Å². The Hall–Kier alpha value is -3.63. The normalized spacial score (nSPS) is 14.6. The SMILES string of the molecule is C[C@H]1CCc2c(sc(NC(=O)COC(=O)c3cccc(OCc4ccccc4)c3)c2C#N)C1. The van der Waals surface area contributed by atoms with Crippen molar-refractivity contribution in [3.8, 4) is 11.8 Å². The quantitative estimate of drug-likeness (QED) is 0.495. The highest BCUT2D eigenvalue weighted by Crippen LogP contribution is 2.39. The number of hydrogen-bond donors (Lipinski definition) is 1. The van der Waals surface area contributed by atoms with Crippen LogP contribution in [0.4, 0.5) is 5.00 Å². The van der Waals surface area contributed by atoms with Gasteiger partial charge in [-0.15, -0.1) is 11.3 Å². The molecule has 1 aromatic heterocycles. The molecule has 0 fully saturated rings. The van der Waals surface area contributed by atoms with Gasteiger partial charge in [-0.1, -0.05) is 43.3 Å². The molecule has 0 saturated carbocycles. The van der Waals surface area contributed by atoms with Crippen LogP contribution in [0.1, 0.15) is 45.3 Å². The minimum Gasteiger partial charge on any atom is -0.489 e. The lowest BCUT2D eigenvalue weighted by molar-refractivity contribution is -0.119. The molecule has 1 heterocycles. The van der Waals surface area contributed by atoms with Crippen molar-refractivity contribution in [2.24, 2.45) is 5.92 Å². The molecule has 1 aliphatic carbocycles. The first-order chi connectivity index (χ1) is 16.0. The molecule has 3 aromatic rings. The molecule has 1 aliphatic rings.